The maximum Gasteiger partial charge on any atom is 0.146 e. The minimum Gasteiger partial charge on any atom is -0.356 e. The van der Waals surface area contributed by atoms with Crippen molar-refractivity contribution in [3.05, 3.63) is 45.7 Å². The molecule has 0 amide bonds. The van der Waals surface area contributed by atoms with Gasteiger partial charge in [0.1, 0.15) is 17.7 Å². The Morgan fingerprint density at radius 3 is 2.54 bits per heavy atom. The van der Waals surface area contributed by atoms with Crippen LogP contribution in [-0.4, -0.2) is 36.1 Å². The highest BCUT2D eigenvalue weighted by Crippen LogP contribution is 2.37. The highest BCUT2D eigenvalue weighted by atomic mass is 79.9. The Balaban J connectivity index is 1.34. The summed E-state index contributed by atoms with van der Waals surface area (Å²) in [4.78, 5) is 14.2. The Kier molecular flexibility index (Phi) is 3.86. The highest BCUT2D eigenvalue weighted by Gasteiger charge is 2.41. The van der Waals surface area contributed by atoms with Gasteiger partial charge >= 0.3 is 0 Å². The number of nitrogens with zero attached hydrogens (tertiary/aromatic N) is 5. The van der Waals surface area contributed by atoms with Gasteiger partial charge in [-0.25, -0.2) is 9.97 Å². The van der Waals surface area contributed by atoms with Crippen LogP contribution in [0.4, 0.5) is 11.6 Å². The molecular formula is C20H20BrN5. The summed E-state index contributed by atoms with van der Waals surface area (Å²) in [7, 11) is 0. The molecule has 2 aromatic heterocycles. The topological polar surface area (TPSA) is 56.1 Å². The first-order chi connectivity index (χ1) is 12.7. The lowest BCUT2D eigenvalue weighted by Crippen LogP contribution is -2.30. The summed E-state index contributed by atoms with van der Waals surface area (Å²) in [6.07, 6.45) is 5.15. The molecule has 6 heteroatoms. The van der Waals surface area contributed by atoms with E-state index in [1.54, 1.807) is 0 Å². The van der Waals surface area contributed by atoms with Gasteiger partial charge in [-0.3, -0.25) is 0 Å². The lowest BCUT2D eigenvalue weighted by molar-refractivity contribution is 0.533. The molecule has 1 aliphatic carbocycles. The summed E-state index contributed by atoms with van der Waals surface area (Å²) in [5, 5.41) is 9.59. The Bertz CT molecular complexity index is 874. The van der Waals surface area contributed by atoms with E-state index >= 15 is 0 Å². The second-order valence-electron chi connectivity index (χ2n) is 7.60. The fourth-order valence-corrected chi connectivity index (χ4v) is 4.93. The normalized spacial score (nSPS) is 23.8. The molecule has 0 radical (unpaired) electrons. The van der Waals surface area contributed by atoms with Crippen molar-refractivity contribution in [1.82, 2.24) is 9.97 Å². The molecule has 0 N–H and O–H groups in total. The molecule has 0 spiro atoms. The van der Waals surface area contributed by atoms with Gasteiger partial charge < -0.3 is 9.80 Å². The van der Waals surface area contributed by atoms with Crippen LogP contribution in [0.25, 0.3) is 0 Å². The first-order valence-electron chi connectivity index (χ1n) is 9.25. The Morgan fingerprint density at radius 2 is 1.85 bits per heavy atom. The van der Waals surface area contributed by atoms with Gasteiger partial charge in [0.15, 0.2) is 0 Å². The lowest BCUT2D eigenvalue weighted by atomic mass is 10.0. The van der Waals surface area contributed by atoms with Crippen LogP contribution in [0.5, 0.6) is 0 Å². The number of hydrogen-bond donors (Lipinski definition) is 0. The molecule has 2 atom stereocenters. The molecule has 5 nitrogen and oxygen atoms in total. The molecule has 2 saturated heterocycles. The smallest absolute Gasteiger partial charge is 0.146 e. The molecule has 0 bridgehead atoms. The predicted molar refractivity (Wildman–Crippen MR) is 104 cm³/mol. The third-order valence-electron chi connectivity index (χ3n) is 5.97. The lowest BCUT2D eigenvalue weighted by Gasteiger charge is -2.24. The van der Waals surface area contributed by atoms with Crippen LogP contribution >= 0.6 is 15.9 Å². The van der Waals surface area contributed by atoms with Gasteiger partial charge in [0, 0.05) is 54.4 Å². The molecule has 5 rings (SSSR count). The average molecular weight is 410 g/mol. The molecule has 4 heterocycles. The summed E-state index contributed by atoms with van der Waals surface area (Å²) >= 11 is 3.45. The van der Waals surface area contributed by atoms with Gasteiger partial charge in [-0.2, -0.15) is 5.26 Å². The van der Waals surface area contributed by atoms with E-state index in [-0.39, 0.29) is 0 Å². The van der Waals surface area contributed by atoms with Gasteiger partial charge in [-0.05, 0) is 59.0 Å². The summed E-state index contributed by atoms with van der Waals surface area (Å²) < 4.78 is 1.01. The minimum atomic E-state index is 0.613. The van der Waals surface area contributed by atoms with Gasteiger partial charge in [0.05, 0.1) is 5.56 Å². The number of pyridine rings is 2. The summed E-state index contributed by atoms with van der Waals surface area (Å²) in [5.41, 5.74) is 3.23. The van der Waals surface area contributed by atoms with Crippen LogP contribution in [0, 0.1) is 23.2 Å². The van der Waals surface area contributed by atoms with E-state index < -0.39 is 0 Å². The van der Waals surface area contributed by atoms with Gasteiger partial charge in [0.2, 0.25) is 0 Å². The monoisotopic (exact) mass is 409 g/mol. The van der Waals surface area contributed by atoms with E-state index in [0.29, 0.717) is 11.8 Å². The van der Waals surface area contributed by atoms with Crippen LogP contribution < -0.4 is 9.80 Å². The fraction of sp³-hybridized carbons (Fsp3) is 0.450. The van der Waals surface area contributed by atoms with Crippen LogP contribution in [0.3, 0.4) is 0 Å². The van der Waals surface area contributed by atoms with Gasteiger partial charge in [0.25, 0.3) is 0 Å². The second kappa shape index (κ2) is 6.24. The van der Waals surface area contributed by atoms with E-state index in [1.165, 1.54) is 11.3 Å². The standard InChI is InChI=1S/C20H20BrN5/c21-17-4-5-19(23-8-17)25-9-15-11-26(12-16(15)10-25)20-14(7-22)6-13-2-1-3-18(13)24-20/h4-6,8,15-16H,1-3,9-12H2. The molecule has 26 heavy (non-hydrogen) atoms. The zero-order valence-electron chi connectivity index (χ0n) is 14.5. The molecule has 132 valence electrons. The number of aryl methyl sites for hydroxylation is 2. The molecule has 2 fully saturated rings. The van der Waals surface area contributed by atoms with Crippen molar-refractivity contribution in [2.24, 2.45) is 11.8 Å². The SMILES string of the molecule is N#Cc1cc2c(nc1N1CC3CN(c4ccc(Br)cn4)CC3C1)CCC2. The van der Waals surface area contributed by atoms with E-state index in [9.17, 15) is 5.26 Å². The summed E-state index contributed by atoms with van der Waals surface area (Å²) in [6, 6.07) is 8.59. The van der Waals surface area contributed by atoms with Crippen molar-refractivity contribution in [3.63, 3.8) is 0 Å². The summed E-state index contributed by atoms with van der Waals surface area (Å²) in [6.45, 7) is 4.03. The quantitative estimate of drug-likeness (QED) is 0.762. The fourth-order valence-electron chi connectivity index (χ4n) is 4.69. The number of hydrogen-bond acceptors (Lipinski definition) is 5. The first-order valence-corrected chi connectivity index (χ1v) is 10.0. The average Bonchev–Trinajstić information content (AvgIpc) is 3.34. The Hall–Kier alpha value is -2.13. The van der Waals surface area contributed by atoms with Crippen LogP contribution in [0.2, 0.25) is 0 Å². The van der Waals surface area contributed by atoms with E-state index in [0.717, 1.165) is 67.1 Å². The maximum absolute atomic E-state index is 9.59. The molecule has 0 aromatic carbocycles. The third kappa shape index (κ3) is 2.66. The number of fused-ring (bicyclic) bond motifs is 2. The molecule has 3 aliphatic rings. The van der Waals surface area contributed by atoms with Crippen molar-refractivity contribution >= 4 is 27.6 Å². The van der Waals surface area contributed by atoms with E-state index in [4.69, 9.17) is 4.98 Å². The van der Waals surface area contributed by atoms with Crippen molar-refractivity contribution in [2.45, 2.75) is 19.3 Å². The first kappa shape index (κ1) is 16.1. The van der Waals surface area contributed by atoms with E-state index in [1.807, 2.05) is 6.20 Å². The van der Waals surface area contributed by atoms with E-state index in [2.05, 4.69) is 55.0 Å². The Labute approximate surface area is 161 Å². The number of anilines is 2. The van der Waals surface area contributed by atoms with Gasteiger partial charge in [-0.1, -0.05) is 0 Å². The Morgan fingerprint density at radius 1 is 1.08 bits per heavy atom. The van der Waals surface area contributed by atoms with Crippen LogP contribution in [0.15, 0.2) is 28.9 Å². The highest BCUT2D eigenvalue weighted by molar-refractivity contribution is 9.10. The summed E-state index contributed by atoms with van der Waals surface area (Å²) in [5.74, 6) is 3.20. The number of nitriles is 1. The number of halogens is 1. The predicted octanol–water partition coefficient (Wildman–Crippen LogP) is 3.17. The largest absolute Gasteiger partial charge is 0.356 e. The molecule has 2 unspecified atom stereocenters. The molecule has 0 saturated carbocycles. The molecular weight excluding hydrogens is 390 g/mol. The number of rotatable bonds is 2. The number of aromatic nitrogens is 2. The van der Waals surface area contributed by atoms with Crippen molar-refractivity contribution in [1.29, 1.82) is 5.26 Å². The maximum atomic E-state index is 9.59. The second-order valence-corrected chi connectivity index (χ2v) is 8.51. The minimum absolute atomic E-state index is 0.613. The zero-order valence-corrected chi connectivity index (χ0v) is 16.1. The van der Waals surface area contributed by atoms with Crippen molar-refractivity contribution in [3.8, 4) is 6.07 Å². The van der Waals surface area contributed by atoms with Crippen molar-refractivity contribution in [2.75, 3.05) is 36.0 Å². The molecule has 2 aromatic rings. The van der Waals surface area contributed by atoms with Crippen molar-refractivity contribution < 1.29 is 0 Å². The van der Waals surface area contributed by atoms with Crippen LogP contribution in [-0.2, 0) is 12.8 Å². The third-order valence-corrected chi connectivity index (χ3v) is 6.44. The zero-order chi connectivity index (χ0) is 17.7. The molecule has 2 aliphatic heterocycles. The van der Waals surface area contributed by atoms with Gasteiger partial charge in [-0.15, -0.1) is 0 Å². The van der Waals surface area contributed by atoms with Crippen LogP contribution in [0.1, 0.15) is 23.2 Å².